The summed E-state index contributed by atoms with van der Waals surface area (Å²) in [4.78, 5) is 0. The molecule has 0 heterocycles. The molecule has 0 radical (unpaired) electrons. The third-order valence-corrected chi connectivity index (χ3v) is 3.28. The van der Waals surface area contributed by atoms with Gasteiger partial charge < -0.3 is 4.74 Å². The molecule has 0 aliphatic heterocycles. The van der Waals surface area contributed by atoms with Gasteiger partial charge in [0.25, 0.3) is 0 Å². The lowest BCUT2D eigenvalue weighted by Gasteiger charge is -2.28. The maximum absolute atomic E-state index is 13.6. The first-order valence-corrected chi connectivity index (χ1v) is 6.63. The van der Waals surface area contributed by atoms with E-state index in [0.717, 1.165) is 5.56 Å². The zero-order valence-corrected chi connectivity index (χ0v) is 12.4. The number of rotatable bonds is 4. The average molecular weight is 252 g/mol. The van der Waals surface area contributed by atoms with Crippen LogP contribution in [0.5, 0.6) is 5.75 Å². The first-order valence-electron chi connectivity index (χ1n) is 6.63. The van der Waals surface area contributed by atoms with E-state index < -0.39 is 0 Å². The van der Waals surface area contributed by atoms with Crippen LogP contribution in [0.4, 0.5) is 4.39 Å². The molecule has 0 saturated carbocycles. The third-order valence-electron chi connectivity index (χ3n) is 3.28. The van der Waals surface area contributed by atoms with Crippen LogP contribution in [0.2, 0.25) is 0 Å². The van der Waals surface area contributed by atoms with Crippen LogP contribution in [0, 0.1) is 17.2 Å². The maximum Gasteiger partial charge on any atom is 0.127 e. The number of hydrogen-bond donors (Lipinski definition) is 0. The Balaban J connectivity index is 2.94. The van der Waals surface area contributed by atoms with Gasteiger partial charge in [-0.15, -0.1) is 0 Å². The average Bonchev–Trinajstić information content (AvgIpc) is 2.23. The molecule has 1 unspecified atom stereocenters. The van der Waals surface area contributed by atoms with Gasteiger partial charge in [-0.25, -0.2) is 4.39 Å². The molecule has 1 aromatic carbocycles. The SMILES string of the molecule is CC(C)COc1cc(F)cc(C(C)C(C)(C)C)c1. The number of halogens is 1. The molecule has 0 saturated heterocycles. The summed E-state index contributed by atoms with van der Waals surface area (Å²) in [6, 6.07) is 5.03. The Labute approximate surface area is 110 Å². The first-order chi connectivity index (χ1) is 8.20. The molecule has 0 aliphatic rings. The lowest BCUT2D eigenvalue weighted by molar-refractivity contribution is 0.268. The summed E-state index contributed by atoms with van der Waals surface area (Å²) in [6.07, 6.45) is 0. The fourth-order valence-corrected chi connectivity index (χ4v) is 1.68. The highest BCUT2D eigenvalue weighted by Crippen LogP contribution is 2.36. The van der Waals surface area contributed by atoms with Crippen molar-refractivity contribution in [2.24, 2.45) is 11.3 Å². The smallest absolute Gasteiger partial charge is 0.127 e. The van der Waals surface area contributed by atoms with Crippen molar-refractivity contribution < 1.29 is 9.13 Å². The van der Waals surface area contributed by atoms with Gasteiger partial charge in [0.15, 0.2) is 0 Å². The van der Waals surface area contributed by atoms with Gasteiger partial charge in [-0.2, -0.15) is 0 Å². The Morgan fingerprint density at radius 3 is 2.22 bits per heavy atom. The third kappa shape index (κ3) is 4.32. The quantitative estimate of drug-likeness (QED) is 0.732. The van der Waals surface area contributed by atoms with E-state index in [0.29, 0.717) is 18.3 Å². The Morgan fingerprint density at radius 1 is 1.11 bits per heavy atom. The van der Waals surface area contributed by atoms with Crippen molar-refractivity contribution in [3.8, 4) is 5.75 Å². The van der Waals surface area contributed by atoms with Crippen molar-refractivity contribution in [2.75, 3.05) is 6.61 Å². The van der Waals surface area contributed by atoms with E-state index in [2.05, 4.69) is 41.5 Å². The molecule has 1 atom stereocenters. The Hall–Kier alpha value is -1.05. The zero-order chi connectivity index (χ0) is 13.9. The topological polar surface area (TPSA) is 9.23 Å². The van der Waals surface area contributed by atoms with E-state index in [-0.39, 0.29) is 17.2 Å². The van der Waals surface area contributed by atoms with Gasteiger partial charge in [-0.05, 0) is 34.9 Å². The standard InChI is InChI=1S/C16H25FO/c1-11(2)10-18-15-8-13(7-14(17)9-15)12(3)16(4,5)6/h7-9,11-12H,10H2,1-6H3. The van der Waals surface area contributed by atoms with Crippen LogP contribution >= 0.6 is 0 Å². The van der Waals surface area contributed by atoms with E-state index in [1.165, 1.54) is 6.07 Å². The Morgan fingerprint density at radius 2 is 1.72 bits per heavy atom. The van der Waals surface area contributed by atoms with Crippen molar-refractivity contribution in [1.82, 2.24) is 0 Å². The highest BCUT2D eigenvalue weighted by molar-refractivity contribution is 5.32. The van der Waals surface area contributed by atoms with Crippen LogP contribution in [-0.4, -0.2) is 6.61 Å². The summed E-state index contributed by atoms with van der Waals surface area (Å²) in [5.74, 6) is 1.14. The predicted molar refractivity (Wildman–Crippen MR) is 74.6 cm³/mol. The van der Waals surface area contributed by atoms with Crippen LogP contribution in [0.15, 0.2) is 18.2 Å². The Kier molecular flexibility index (Phi) is 4.78. The van der Waals surface area contributed by atoms with Crippen molar-refractivity contribution in [1.29, 1.82) is 0 Å². The van der Waals surface area contributed by atoms with Crippen molar-refractivity contribution in [2.45, 2.75) is 47.5 Å². The molecule has 0 fully saturated rings. The van der Waals surface area contributed by atoms with Gasteiger partial charge in [-0.3, -0.25) is 0 Å². The molecule has 0 N–H and O–H groups in total. The van der Waals surface area contributed by atoms with Crippen LogP contribution in [0.3, 0.4) is 0 Å². The first kappa shape index (κ1) is 15.0. The minimum absolute atomic E-state index is 0.114. The van der Waals surface area contributed by atoms with Crippen LogP contribution in [-0.2, 0) is 0 Å². The normalized spacial score (nSPS) is 13.8. The van der Waals surface area contributed by atoms with E-state index in [1.807, 2.05) is 6.07 Å². The predicted octanol–water partition coefficient (Wildman–Crippen LogP) is 5.01. The van der Waals surface area contributed by atoms with Crippen molar-refractivity contribution in [3.63, 3.8) is 0 Å². The summed E-state index contributed by atoms with van der Waals surface area (Å²) in [5, 5.41) is 0. The molecule has 1 aromatic rings. The van der Waals surface area contributed by atoms with Gasteiger partial charge >= 0.3 is 0 Å². The monoisotopic (exact) mass is 252 g/mol. The Bertz CT molecular complexity index is 391. The molecular formula is C16H25FO. The summed E-state index contributed by atoms with van der Waals surface area (Å²) in [6.45, 7) is 13.4. The molecule has 0 amide bonds. The molecule has 0 spiro atoms. The molecular weight excluding hydrogens is 227 g/mol. The fourth-order valence-electron chi connectivity index (χ4n) is 1.68. The molecule has 0 aliphatic carbocycles. The fraction of sp³-hybridized carbons (Fsp3) is 0.625. The van der Waals surface area contributed by atoms with E-state index in [4.69, 9.17) is 4.74 Å². The molecule has 18 heavy (non-hydrogen) atoms. The largest absolute Gasteiger partial charge is 0.493 e. The van der Waals surface area contributed by atoms with Crippen LogP contribution < -0.4 is 4.74 Å². The summed E-state index contributed by atoms with van der Waals surface area (Å²) in [7, 11) is 0. The van der Waals surface area contributed by atoms with Crippen LogP contribution in [0.25, 0.3) is 0 Å². The lowest BCUT2D eigenvalue weighted by atomic mass is 9.78. The lowest BCUT2D eigenvalue weighted by Crippen LogP contribution is -2.15. The minimum atomic E-state index is -0.220. The number of hydrogen-bond acceptors (Lipinski definition) is 1. The summed E-state index contributed by atoms with van der Waals surface area (Å²) in [5.41, 5.74) is 1.12. The maximum atomic E-state index is 13.6. The molecule has 0 aromatic heterocycles. The number of benzene rings is 1. The van der Waals surface area contributed by atoms with Crippen molar-refractivity contribution in [3.05, 3.63) is 29.6 Å². The van der Waals surface area contributed by atoms with Gasteiger partial charge in [0, 0.05) is 6.07 Å². The van der Waals surface area contributed by atoms with Crippen molar-refractivity contribution >= 4 is 0 Å². The van der Waals surface area contributed by atoms with Gasteiger partial charge in [0.2, 0.25) is 0 Å². The van der Waals surface area contributed by atoms with E-state index in [1.54, 1.807) is 6.07 Å². The molecule has 102 valence electrons. The van der Waals surface area contributed by atoms with E-state index in [9.17, 15) is 4.39 Å². The molecule has 0 bridgehead atoms. The summed E-state index contributed by atoms with van der Waals surface area (Å²) < 4.78 is 19.2. The summed E-state index contributed by atoms with van der Waals surface area (Å²) >= 11 is 0. The zero-order valence-electron chi connectivity index (χ0n) is 12.4. The second kappa shape index (κ2) is 5.73. The highest BCUT2D eigenvalue weighted by Gasteiger charge is 2.22. The second-order valence-corrected chi connectivity index (χ2v) is 6.51. The van der Waals surface area contributed by atoms with Gasteiger partial charge in [-0.1, -0.05) is 41.5 Å². The van der Waals surface area contributed by atoms with E-state index >= 15 is 0 Å². The molecule has 1 rings (SSSR count). The highest BCUT2D eigenvalue weighted by atomic mass is 19.1. The second-order valence-electron chi connectivity index (χ2n) is 6.51. The van der Waals surface area contributed by atoms with Gasteiger partial charge in [0.05, 0.1) is 6.61 Å². The minimum Gasteiger partial charge on any atom is -0.493 e. The number of ether oxygens (including phenoxy) is 1. The van der Waals surface area contributed by atoms with Gasteiger partial charge in [0.1, 0.15) is 11.6 Å². The molecule has 2 heteroatoms. The van der Waals surface area contributed by atoms with Crippen LogP contribution in [0.1, 0.15) is 53.0 Å². The molecule has 1 nitrogen and oxygen atoms in total.